The van der Waals surface area contributed by atoms with Gasteiger partial charge in [0, 0.05) is 38.3 Å². The number of ether oxygens (including phenoxy) is 2. The van der Waals surface area contributed by atoms with Crippen molar-refractivity contribution in [1.82, 2.24) is 15.1 Å². The van der Waals surface area contributed by atoms with Gasteiger partial charge in [-0.25, -0.2) is 9.18 Å². The predicted molar refractivity (Wildman–Crippen MR) is 106 cm³/mol. The van der Waals surface area contributed by atoms with Crippen LogP contribution in [-0.2, 0) is 17.8 Å². The van der Waals surface area contributed by atoms with Crippen molar-refractivity contribution in [2.45, 2.75) is 40.2 Å². The summed E-state index contributed by atoms with van der Waals surface area (Å²) in [7, 11) is 0. The Labute approximate surface area is 167 Å². The average Bonchev–Trinajstić information content (AvgIpc) is 2.66. The zero-order valence-electron chi connectivity index (χ0n) is 17.2. The van der Waals surface area contributed by atoms with Crippen molar-refractivity contribution < 1.29 is 18.7 Å². The summed E-state index contributed by atoms with van der Waals surface area (Å²) in [6.45, 7) is 12.1. The third-order valence-corrected chi connectivity index (χ3v) is 5.26. The molecule has 2 heterocycles. The average molecular weight is 394 g/mol. The van der Waals surface area contributed by atoms with Crippen LogP contribution in [0.1, 0.15) is 38.3 Å². The van der Waals surface area contributed by atoms with E-state index in [-0.39, 0.29) is 18.6 Å². The van der Waals surface area contributed by atoms with Crippen LogP contribution in [0.25, 0.3) is 0 Å². The van der Waals surface area contributed by atoms with Gasteiger partial charge in [-0.3, -0.25) is 4.90 Å². The summed E-state index contributed by atoms with van der Waals surface area (Å²) >= 11 is 0. The summed E-state index contributed by atoms with van der Waals surface area (Å²) in [4.78, 5) is 16.7. The molecule has 6 nitrogen and oxygen atoms in total. The van der Waals surface area contributed by atoms with Crippen molar-refractivity contribution in [3.8, 4) is 5.75 Å². The molecule has 1 saturated heterocycles. The van der Waals surface area contributed by atoms with E-state index in [1.54, 1.807) is 0 Å². The van der Waals surface area contributed by atoms with Crippen LogP contribution in [0, 0.1) is 11.2 Å². The van der Waals surface area contributed by atoms with E-state index < -0.39 is 0 Å². The second-order valence-corrected chi connectivity index (χ2v) is 8.79. The molecule has 0 atom stereocenters. The van der Waals surface area contributed by atoms with Crippen molar-refractivity contribution >= 4 is 6.03 Å². The Bertz CT molecular complexity index is 682. The number of fused-ring (bicyclic) bond motifs is 1. The van der Waals surface area contributed by atoms with Gasteiger partial charge in [0.2, 0.25) is 0 Å². The van der Waals surface area contributed by atoms with Crippen LogP contribution >= 0.6 is 0 Å². The topological polar surface area (TPSA) is 54.0 Å². The first kappa shape index (κ1) is 20.9. The molecule has 2 aliphatic rings. The van der Waals surface area contributed by atoms with Crippen molar-refractivity contribution in [2.24, 2.45) is 5.41 Å². The maximum Gasteiger partial charge on any atom is 0.317 e. The molecule has 0 radical (unpaired) electrons. The first-order valence-corrected chi connectivity index (χ1v) is 10.1. The number of urea groups is 1. The fourth-order valence-electron chi connectivity index (χ4n) is 3.53. The highest BCUT2D eigenvalue weighted by atomic mass is 19.1. The molecule has 1 fully saturated rings. The molecule has 0 bridgehead atoms. The van der Waals surface area contributed by atoms with Gasteiger partial charge in [-0.15, -0.1) is 0 Å². The Kier molecular flexibility index (Phi) is 6.78. The maximum atomic E-state index is 13.8. The first-order valence-electron chi connectivity index (χ1n) is 10.1. The van der Waals surface area contributed by atoms with E-state index >= 15 is 0 Å². The Morgan fingerprint density at radius 2 is 1.96 bits per heavy atom. The van der Waals surface area contributed by atoms with Crippen LogP contribution in [0.15, 0.2) is 12.1 Å². The van der Waals surface area contributed by atoms with Gasteiger partial charge >= 0.3 is 6.03 Å². The Hall–Kier alpha value is -1.86. The van der Waals surface area contributed by atoms with Crippen molar-refractivity contribution in [1.29, 1.82) is 0 Å². The van der Waals surface area contributed by atoms with E-state index in [4.69, 9.17) is 9.47 Å². The third-order valence-electron chi connectivity index (χ3n) is 5.26. The van der Waals surface area contributed by atoms with Crippen LogP contribution in [0.5, 0.6) is 5.75 Å². The van der Waals surface area contributed by atoms with Crippen molar-refractivity contribution in [2.75, 3.05) is 46.1 Å². The fraction of sp³-hybridized carbons (Fsp3) is 0.667. The van der Waals surface area contributed by atoms with Crippen LogP contribution in [0.3, 0.4) is 0 Å². The van der Waals surface area contributed by atoms with Crippen molar-refractivity contribution in [3.05, 3.63) is 29.1 Å². The zero-order chi connectivity index (χ0) is 20.1. The summed E-state index contributed by atoms with van der Waals surface area (Å²) in [5, 5.41) is 2.96. The summed E-state index contributed by atoms with van der Waals surface area (Å²) in [5.74, 6) is 0.384. The van der Waals surface area contributed by atoms with E-state index in [0.29, 0.717) is 30.7 Å². The molecule has 0 aromatic heterocycles. The summed E-state index contributed by atoms with van der Waals surface area (Å²) in [5.41, 5.74) is 1.82. The van der Waals surface area contributed by atoms with Gasteiger partial charge < -0.3 is 19.7 Å². The van der Waals surface area contributed by atoms with E-state index in [1.165, 1.54) is 12.1 Å². The van der Waals surface area contributed by atoms with Crippen molar-refractivity contribution in [3.63, 3.8) is 0 Å². The second-order valence-electron chi connectivity index (χ2n) is 8.79. The monoisotopic (exact) mass is 393 g/mol. The standard InChI is InChI=1S/C21H32FN3O3/c1-21(2,3)5-7-24-8-10-25(11-9-24)20(26)23-6-4-16-12-18(22)13-17-14-27-15-28-19(16)17/h12-13H,4-11,14-15H2,1-3H3,(H,23,26). The highest BCUT2D eigenvalue weighted by molar-refractivity contribution is 5.74. The summed E-state index contributed by atoms with van der Waals surface area (Å²) < 4.78 is 24.5. The lowest BCUT2D eigenvalue weighted by Gasteiger charge is -2.36. The number of carbonyl (C=O) groups is 1. The van der Waals surface area contributed by atoms with Gasteiger partial charge in [-0.1, -0.05) is 20.8 Å². The number of hydrogen-bond donors (Lipinski definition) is 1. The molecule has 28 heavy (non-hydrogen) atoms. The van der Waals surface area contributed by atoms with Crippen LogP contribution in [-0.4, -0.2) is 61.9 Å². The quantitative estimate of drug-likeness (QED) is 0.836. The molecule has 0 unspecified atom stereocenters. The molecule has 0 spiro atoms. The number of piperazine rings is 1. The van der Waals surface area contributed by atoms with E-state index in [2.05, 4.69) is 31.0 Å². The van der Waals surface area contributed by atoms with Crippen LogP contribution in [0.4, 0.5) is 9.18 Å². The highest BCUT2D eigenvalue weighted by Crippen LogP contribution is 2.29. The number of halogens is 1. The lowest BCUT2D eigenvalue weighted by atomic mass is 9.92. The van der Waals surface area contributed by atoms with Gasteiger partial charge in [0.25, 0.3) is 0 Å². The number of rotatable bonds is 5. The summed E-state index contributed by atoms with van der Waals surface area (Å²) in [6.07, 6.45) is 1.68. The smallest absolute Gasteiger partial charge is 0.317 e. The minimum Gasteiger partial charge on any atom is -0.467 e. The molecule has 1 N–H and O–H groups in total. The molecule has 0 aliphatic carbocycles. The molecular weight excluding hydrogens is 361 g/mol. The molecule has 2 amide bonds. The fourth-order valence-corrected chi connectivity index (χ4v) is 3.53. The maximum absolute atomic E-state index is 13.8. The van der Waals surface area contributed by atoms with Gasteiger partial charge in [0.05, 0.1) is 6.61 Å². The molecule has 1 aromatic carbocycles. The molecule has 7 heteroatoms. The lowest BCUT2D eigenvalue weighted by Crippen LogP contribution is -2.52. The van der Waals surface area contributed by atoms with Crippen LogP contribution < -0.4 is 10.1 Å². The number of hydrogen-bond acceptors (Lipinski definition) is 4. The number of nitrogens with zero attached hydrogens (tertiary/aromatic N) is 2. The van der Waals surface area contributed by atoms with Gasteiger partial charge in [0.15, 0.2) is 6.79 Å². The first-order chi connectivity index (χ1) is 13.3. The van der Waals surface area contributed by atoms with E-state index in [1.807, 2.05) is 4.90 Å². The second kappa shape index (κ2) is 9.09. The normalized spacial score (nSPS) is 17.8. The van der Waals surface area contributed by atoms with E-state index in [9.17, 15) is 9.18 Å². The summed E-state index contributed by atoms with van der Waals surface area (Å²) in [6, 6.07) is 2.87. The van der Waals surface area contributed by atoms with E-state index in [0.717, 1.165) is 50.3 Å². The van der Waals surface area contributed by atoms with Gasteiger partial charge in [0.1, 0.15) is 11.6 Å². The molecular formula is C21H32FN3O3. The minimum absolute atomic E-state index is 0.0509. The van der Waals surface area contributed by atoms with Gasteiger partial charge in [-0.2, -0.15) is 0 Å². The predicted octanol–water partition coefficient (Wildman–Crippen LogP) is 3.00. The Morgan fingerprint density at radius 3 is 2.68 bits per heavy atom. The minimum atomic E-state index is -0.305. The zero-order valence-corrected chi connectivity index (χ0v) is 17.2. The van der Waals surface area contributed by atoms with Gasteiger partial charge in [-0.05, 0) is 42.5 Å². The molecule has 2 aliphatic heterocycles. The Balaban J connectivity index is 1.43. The molecule has 3 rings (SSSR count). The number of carbonyl (C=O) groups excluding carboxylic acids is 1. The molecule has 1 aromatic rings. The SMILES string of the molecule is CC(C)(C)CCN1CCN(C(=O)NCCc2cc(F)cc3c2OCOC3)CC1. The molecule has 156 valence electrons. The number of benzene rings is 1. The Morgan fingerprint density at radius 1 is 1.21 bits per heavy atom. The lowest BCUT2D eigenvalue weighted by molar-refractivity contribution is -0.0172. The largest absolute Gasteiger partial charge is 0.467 e. The molecule has 0 saturated carbocycles. The number of nitrogens with one attached hydrogen (secondary N) is 1. The number of amides is 2. The third kappa shape index (κ3) is 5.82. The highest BCUT2D eigenvalue weighted by Gasteiger charge is 2.22. The van der Waals surface area contributed by atoms with Crippen LogP contribution in [0.2, 0.25) is 0 Å².